The van der Waals surface area contributed by atoms with Crippen LogP contribution in [0.4, 0.5) is 5.69 Å². The number of aliphatic hydroxyl groups excluding tert-OH is 1. The first-order valence-electron chi connectivity index (χ1n) is 5.92. The highest BCUT2D eigenvalue weighted by molar-refractivity contribution is 6.34. The van der Waals surface area contributed by atoms with Crippen LogP contribution in [-0.4, -0.2) is 11.0 Å². The third-order valence-corrected chi connectivity index (χ3v) is 3.10. The van der Waals surface area contributed by atoms with Crippen LogP contribution in [0.25, 0.3) is 0 Å². The third-order valence-electron chi connectivity index (χ3n) is 2.77. The van der Waals surface area contributed by atoms with Gasteiger partial charge in [0.2, 0.25) is 0 Å². The number of nitrogens with one attached hydrogen (secondary N) is 1. The van der Waals surface area contributed by atoms with Gasteiger partial charge in [0.05, 0.1) is 16.7 Å². The molecule has 98 valence electrons. The molecule has 2 aromatic carbocycles. The molecular weight excluding hydrogens is 262 g/mol. The van der Waals surface area contributed by atoms with Gasteiger partial charge in [0.1, 0.15) is 0 Å². The zero-order valence-electron chi connectivity index (χ0n) is 10.4. The SMILES string of the molecule is CC(O)c1ccc(NC(=O)c2ccccc2Cl)cc1. The Labute approximate surface area is 116 Å². The number of benzene rings is 2. The second kappa shape index (κ2) is 5.87. The van der Waals surface area contributed by atoms with Crippen molar-refractivity contribution in [2.24, 2.45) is 0 Å². The van der Waals surface area contributed by atoms with Crippen molar-refractivity contribution in [2.75, 3.05) is 5.32 Å². The van der Waals surface area contributed by atoms with Crippen molar-refractivity contribution < 1.29 is 9.90 Å². The Balaban J connectivity index is 2.13. The molecule has 4 heteroatoms. The minimum Gasteiger partial charge on any atom is -0.389 e. The average Bonchev–Trinajstić information content (AvgIpc) is 2.39. The quantitative estimate of drug-likeness (QED) is 0.898. The molecule has 0 bridgehead atoms. The van der Waals surface area contributed by atoms with E-state index in [9.17, 15) is 9.90 Å². The van der Waals surface area contributed by atoms with Crippen LogP contribution in [-0.2, 0) is 0 Å². The molecule has 0 heterocycles. The number of hydrogen-bond acceptors (Lipinski definition) is 2. The van der Waals surface area contributed by atoms with Crippen LogP contribution < -0.4 is 5.32 Å². The number of aliphatic hydroxyl groups is 1. The molecule has 2 rings (SSSR count). The summed E-state index contributed by atoms with van der Waals surface area (Å²) in [5.74, 6) is -0.254. The molecule has 0 radical (unpaired) electrons. The van der Waals surface area contributed by atoms with Crippen LogP contribution in [0.5, 0.6) is 0 Å². The number of rotatable bonds is 3. The van der Waals surface area contributed by atoms with Crippen molar-refractivity contribution in [3.05, 3.63) is 64.7 Å². The van der Waals surface area contributed by atoms with E-state index < -0.39 is 6.10 Å². The van der Waals surface area contributed by atoms with Gasteiger partial charge < -0.3 is 10.4 Å². The molecule has 1 amide bonds. The van der Waals surface area contributed by atoms with Gasteiger partial charge in [-0.05, 0) is 36.8 Å². The highest BCUT2D eigenvalue weighted by Gasteiger charge is 2.09. The first-order valence-corrected chi connectivity index (χ1v) is 6.29. The van der Waals surface area contributed by atoms with Crippen molar-refractivity contribution in [3.63, 3.8) is 0 Å². The number of hydrogen-bond donors (Lipinski definition) is 2. The van der Waals surface area contributed by atoms with Gasteiger partial charge >= 0.3 is 0 Å². The van der Waals surface area contributed by atoms with Crippen LogP contribution >= 0.6 is 11.6 Å². The lowest BCUT2D eigenvalue weighted by atomic mass is 10.1. The van der Waals surface area contributed by atoms with E-state index in [1.807, 2.05) is 0 Å². The molecule has 3 nitrogen and oxygen atoms in total. The van der Waals surface area contributed by atoms with E-state index in [2.05, 4.69) is 5.32 Å². The molecule has 0 saturated carbocycles. The lowest BCUT2D eigenvalue weighted by molar-refractivity contribution is 0.102. The van der Waals surface area contributed by atoms with Gasteiger partial charge in [-0.2, -0.15) is 0 Å². The van der Waals surface area contributed by atoms with Crippen molar-refractivity contribution in [1.82, 2.24) is 0 Å². The minimum absolute atomic E-state index is 0.254. The second-order valence-electron chi connectivity index (χ2n) is 4.23. The minimum atomic E-state index is -0.520. The predicted molar refractivity (Wildman–Crippen MR) is 76.5 cm³/mol. The molecule has 1 atom stereocenters. The first-order chi connectivity index (χ1) is 9.08. The fraction of sp³-hybridized carbons (Fsp3) is 0.133. The number of carbonyl (C=O) groups excluding carboxylic acids is 1. The zero-order valence-corrected chi connectivity index (χ0v) is 11.2. The lowest BCUT2D eigenvalue weighted by Gasteiger charge is -2.08. The highest BCUT2D eigenvalue weighted by atomic mass is 35.5. The molecule has 2 aromatic rings. The van der Waals surface area contributed by atoms with Crippen LogP contribution in [0.15, 0.2) is 48.5 Å². The third kappa shape index (κ3) is 3.34. The summed E-state index contributed by atoms with van der Waals surface area (Å²) < 4.78 is 0. The van der Waals surface area contributed by atoms with E-state index in [-0.39, 0.29) is 5.91 Å². The van der Waals surface area contributed by atoms with E-state index in [1.165, 1.54) is 0 Å². The maximum atomic E-state index is 12.0. The maximum Gasteiger partial charge on any atom is 0.257 e. The summed E-state index contributed by atoms with van der Waals surface area (Å²) in [5, 5.41) is 12.6. The van der Waals surface area contributed by atoms with Gasteiger partial charge in [0, 0.05) is 5.69 Å². The van der Waals surface area contributed by atoms with Crippen molar-refractivity contribution in [1.29, 1.82) is 0 Å². The average molecular weight is 276 g/mol. The zero-order chi connectivity index (χ0) is 13.8. The van der Waals surface area contributed by atoms with Crippen LogP contribution in [0.2, 0.25) is 5.02 Å². The molecule has 0 spiro atoms. The number of carbonyl (C=O) groups is 1. The lowest BCUT2D eigenvalue weighted by Crippen LogP contribution is -2.12. The first kappa shape index (κ1) is 13.6. The summed E-state index contributed by atoms with van der Waals surface area (Å²) in [5.41, 5.74) is 1.90. The Hall–Kier alpha value is -1.84. The molecule has 0 saturated heterocycles. The van der Waals surface area contributed by atoms with Gasteiger partial charge in [-0.3, -0.25) is 4.79 Å². The molecule has 0 aliphatic carbocycles. The summed E-state index contributed by atoms with van der Waals surface area (Å²) in [6, 6.07) is 13.9. The van der Waals surface area contributed by atoms with Gasteiger partial charge in [-0.25, -0.2) is 0 Å². The Kier molecular flexibility index (Phi) is 4.20. The summed E-state index contributed by atoms with van der Waals surface area (Å²) in [7, 11) is 0. The Morgan fingerprint density at radius 3 is 2.37 bits per heavy atom. The fourth-order valence-electron chi connectivity index (χ4n) is 1.69. The summed E-state index contributed by atoms with van der Waals surface area (Å²) >= 11 is 5.96. The predicted octanol–water partition coefficient (Wildman–Crippen LogP) is 3.65. The Bertz CT molecular complexity index is 579. The molecule has 0 aliphatic heterocycles. The van der Waals surface area contributed by atoms with E-state index in [1.54, 1.807) is 55.5 Å². The maximum absolute atomic E-state index is 12.0. The van der Waals surface area contributed by atoms with E-state index in [0.717, 1.165) is 5.56 Å². The Morgan fingerprint density at radius 2 is 1.79 bits per heavy atom. The highest BCUT2D eigenvalue weighted by Crippen LogP contribution is 2.19. The molecule has 0 fully saturated rings. The van der Waals surface area contributed by atoms with Gasteiger partial charge in [0.25, 0.3) is 5.91 Å². The number of anilines is 1. The smallest absolute Gasteiger partial charge is 0.257 e. The fourth-order valence-corrected chi connectivity index (χ4v) is 1.91. The Morgan fingerprint density at radius 1 is 1.16 bits per heavy atom. The van der Waals surface area contributed by atoms with Crippen LogP contribution in [0.1, 0.15) is 28.9 Å². The van der Waals surface area contributed by atoms with Crippen LogP contribution in [0.3, 0.4) is 0 Å². The standard InChI is InChI=1S/C15H14ClNO2/c1-10(18)11-6-8-12(9-7-11)17-15(19)13-4-2-3-5-14(13)16/h2-10,18H,1H3,(H,17,19). The van der Waals surface area contributed by atoms with Crippen molar-refractivity contribution in [3.8, 4) is 0 Å². The molecule has 1 unspecified atom stereocenters. The number of halogens is 1. The van der Waals surface area contributed by atoms with Crippen LogP contribution in [0, 0.1) is 0 Å². The molecular formula is C15H14ClNO2. The van der Waals surface area contributed by atoms with E-state index in [4.69, 9.17) is 11.6 Å². The van der Waals surface area contributed by atoms with Gasteiger partial charge in [-0.15, -0.1) is 0 Å². The molecule has 0 aliphatic rings. The van der Waals surface area contributed by atoms with E-state index in [0.29, 0.717) is 16.3 Å². The number of amides is 1. The van der Waals surface area contributed by atoms with Crippen molar-refractivity contribution >= 4 is 23.2 Å². The molecule has 19 heavy (non-hydrogen) atoms. The summed E-state index contributed by atoms with van der Waals surface area (Å²) in [6.07, 6.45) is -0.520. The normalized spacial score (nSPS) is 11.9. The largest absolute Gasteiger partial charge is 0.389 e. The molecule has 2 N–H and O–H groups in total. The summed E-state index contributed by atoms with van der Waals surface area (Å²) in [4.78, 5) is 12.0. The van der Waals surface area contributed by atoms with Crippen molar-refractivity contribution in [2.45, 2.75) is 13.0 Å². The topological polar surface area (TPSA) is 49.3 Å². The monoisotopic (exact) mass is 275 g/mol. The van der Waals surface area contributed by atoms with Gasteiger partial charge in [0.15, 0.2) is 0 Å². The second-order valence-corrected chi connectivity index (χ2v) is 4.64. The van der Waals surface area contributed by atoms with E-state index >= 15 is 0 Å². The molecule has 0 aromatic heterocycles. The van der Waals surface area contributed by atoms with Gasteiger partial charge in [-0.1, -0.05) is 35.9 Å². The summed E-state index contributed by atoms with van der Waals surface area (Å²) in [6.45, 7) is 1.69.